The van der Waals surface area contributed by atoms with E-state index >= 15 is 0 Å². The number of anilines is 1. The molecule has 4 rings (SSSR count). The molecular formula is C30H33Cl2N3O4S. The van der Waals surface area contributed by atoms with Crippen LogP contribution in [0.4, 0.5) is 5.69 Å². The summed E-state index contributed by atoms with van der Waals surface area (Å²) < 4.78 is 28.8. The van der Waals surface area contributed by atoms with E-state index < -0.39 is 28.5 Å². The standard InChI is InChI=1S/C30H33Cl2N3O4S/c1-21-11-17-27(18-12-21)40(38,39)35(26-15-13-24(31)14-16-26)20-29(36)34(19-23-7-3-6-10-28(23)32)22(2)30(37)33-25-8-4-5-9-25/h3,6-7,10-18,22,25H,4-5,8-9,19-20H2,1-2H3,(H,33,37)/t22-/m0/s1. The number of carbonyl (C=O) groups is 2. The van der Waals surface area contributed by atoms with E-state index in [4.69, 9.17) is 23.2 Å². The van der Waals surface area contributed by atoms with Crippen molar-refractivity contribution in [3.63, 3.8) is 0 Å². The van der Waals surface area contributed by atoms with Gasteiger partial charge in [-0.2, -0.15) is 0 Å². The first-order valence-electron chi connectivity index (χ1n) is 13.2. The number of carbonyl (C=O) groups excluding carboxylic acids is 2. The van der Waals surface area contributed by atoms with Crippen molar-refractivity contribution in [2.45, 2.75) is 63.1 Å². The van der Waals surface area contributed by atoms with Crippen molar-refractivity contribution in [2.24, 2.45) is 0 Å². The second kappa shape index (κ2) is 13.1. The van der Waals surface area contributed by atoms with Gasteiger partial charge in [0.15, 0.2) is 0 Å². The number of sulfonamides is 1. The minimum absolute atomic E-state index is 0.0385. The Bertz CT molecular complexity index is 1440. The Morgan fingerprint density at radius 3 is 2.20 bits per heavy atom. The molecule has 212 valence electrons. The van der Waals surface area contributed by atoms with Crippen LogP contribution in [0, 0.1) is 6.92 Å². The summed E-state index contributed by atoms with van der Waals surface area (Å²) in [4.78, 5) is 28.7. The average Bonchev–Trinajstić information content (AvgIpc) is 3.44. The summed E-state index contributed by atoms with van der Waals surface area (Å²) in [5.41, 5.74) is 1.83. The van der Waals surface area contributed by atoms with E-state index in [2.05, 4.69) is 5.32 Å². The van der Waals surface area contributed by atoms with Gasteiger partial charge in [-0.25, -0.2) is 8.42 Å². The average molecular weight is 603 g/mol. The first-order valence-corrected chi connectivity index (χ1v) is 15.4. The Labute approximate surface area is 246 Å². The topological polar surface area (TPSA) is 86.8 Å². The Balaban J connectivity index is 1.69. The SMILES string of the molecule is Cc1ccc(S(=O)(=O)N(CC(=O)N(Cc2ccccc2Cl)[C@@H](C)C(=O)NC2CCCC2)c2ccc(Cl)cc2)cc1. The Hall–Kier alpha value is -3.07. The molecule has 1 saturated carbocycles. The molecule has 3 aromatic carbocycles. The lowest BCUT2D eigenvalue weighted by molar-refractivity contribution is -0.139. The summed E-state index contributed by atoms with van der Waals surface area (Å²) in [5, 5.41) is 3.94. The van der Waals surface area contributed by atoms with Crippen molar-refractivity contribution in [3.05, 3.63) is 94.0 Å². The highest BCUT2D eigenvalue weighted by Gasteiger charge is 2.33. The van der Waals surface area contributed by atoms with Crippen LogP contribution in [0.1, 0.15) is 43.7 Å². The van der Waals surface area contributed by atoms with Crippen molar-refractivity contribution >= 4 is 50.7 Å². The van der Waals surface area contributed by atoms with Crippen LogP contribution < -0.4 is 9.62 Å². The van der Waals surface area contributed by atoms with Crippen LogP contribution >= 0.6 is 23.2 Å². The first-order chi connectivity index (χ1) is 19.1. The van der Waals surface area contributed by atoms with Gasteiger partial charge in [-0.1, -0.05) is 71.9 Å². The van der Waals surface area contributed by atoms with Gasteiger partial charge in [0, 0.05) is 22.6 Å². The molecular weight excluding hydrogens is 569 g/mol. The van der Waals surface area contributed by atoms with Crippen LogP contribution in [0.2, 0.25) is 10.0 Å². The summed E-state index contributed by atoms with van der Waals surface area (Å²) in [5.74, 6) is -0.827. The number of hydrogen-bond acceptors (Lipinski definition) is 4. The number of rotatable bonds is 10. The van der Waals surface area contributed by atoms with E-state index in [9.17, 15) is 18.0 Å². The van der Waals surface area contributed by atoms with Gasteiger partial charge in [0.1, 0.15) is 12.6 Å². The van der Waals surface area contributed by atoms with E-state index in [-0.39, 0.29) is 29.1 Å². The number of nitrogens with zero attached hydrogens (tertiary/aromatic N) is 2. The zero-order valence-electron chi connectivity index (χ0n) is 22.5. The molecule has 1 aliphatic rings. The number of halogens is 2. The fraction of sp³-hybridized carbons (Fsp3) is 0.333. The number of nitrogens with one attached hydrogen (secondary N) is 1. The van der Waals surface area contributed by atoms with Crippen molar-refractivity contribution in [3.8, 4) is 0 Å². The number of hydrogen-bond donors (Lipinski definition) is 1. The molecule has 40 heavy (non-hydrogen) atoms. The Kier molecular flexibility index (Phi) is 9.77. The molecule has 1 aliphatic carbocycles. The molecule has 1 atom stereocenters. The first kappa shape index (κ1) is 29.9. The molecule has 2 amide bonds. The van der Waals surface area contributed by atoms with Gasteiger partial charge in [-0.3, -0.25) is 13.9 Å². The fourth-order valence-corrected chi connectivity index (χ4v) is 6.49. The molecule has 0 unspecified atom stereocenters. The monoisotopic (exact) mass is 601 g/mol. The zero-order chi connectivity index (χ0) is 28.9. The lowest BCUT2D eigenvalue weighted by Crippen LogP contribution is -2.52. The normalized spacial score (nSPS) is 14.5. The molecule has 1 fully saturated rings. The second-order valence-electron chi connectivity index (χ2n) is 10.1. The Morgan fingerprint density at radius 1 is 0.950 bits per heavy atom. The predicted octanol–water partition coefficient (Wildman–Crippen LogP) is 5.97. The minimum atomic E-state index is -4.14. The summed E-state index contributed by atoms with van der Waals surface area (Å²) in [6, 6.07) is 18.9. The third kappa shape index (κ3) is 7.16. The van der Waals surface area contributed by atoms with E-state index in [1.54, 1.807) is 67.6 Å². The van der Waals surface area contributed by atoms with Gasteiger partial charge in [0.25, 0.3) is 10.0 Å². The number of amides is 2. The summed E-state index contributed by atoms with van der Waals surface area (Å²) in [7, 11) is -4.14. The lowest BCUT2D eigenvalue weighted by atomic mass is 10.1. The smallest absolute Gasteiger partial charge is 0.264 e. The molecule has 0 saturated heterocycles. The van der Waals surface area contributed by atoms with Gasteiger partial charge < -0.3 is 10.2 Å². The molecule has 0 bridgehead atoms. The zero-order valence-corrected chi connectivity index (χ0v) is 24.8. The summed E-state index contributed by atoms with van der Waals surface area (Å²) >= 11 is 12.5. The van der Waals surface area contributed by atoms with Crippen molar-refractivity contribution in [1.82, 2.24) is 10.2 Å². The van der Waals surface area contributed by atoms with Crippen LogP contribution in [0.15, 0.2) is 77.7 Å². The molecule has 0 radical (unpaired) electrons. The van der Waals surface area contributed by atoms with Crippen LogP contribution in [-0.4, -0.2) is 43.8 Å². The molecule has 3 aromatic rings. The van der Waals surface area contributed by atoms with Gasteiger partial charge in [-0.05, 0) is 74.7 Å². The van der Waals surface area contributed by atoms with Crippen LogP contribution in [-0.2, 0) is 26.2 Å². The van der Waals surface area contributed by atoms with Crippen molar-refractivity contribution in [1.29, 1.82) is 0 Å². The maximum absolute atomic E-state index is 14.0. The summed E-state index contributed by atoms with van der Waals surface area (Å²) in [6.07, 6.45) is 3.90. The highest BCUT2D eigenvalue weighted by atomic mass is 35.5. The molecule has 1 N–H and O–H groups in total. The van der Waals surface area contributed by atoms with Crippen molar-refractivity contribution in [2.75, 3.05) is 10.8 Å². The van der Waals surface area contributed by atoms with Gasteiger partial charge in [0.2, 0.25) is 11.8 Å². The summed E-state index contributed by atoms with van der Waals surface area (Å²) in [6.45, 7) is 3.03. The molecule has 0 heterocycles. The van der Waals surface area contributed by atoms with E-state index in [1.807, 2.05) is 6.92 Å². The number of benzene rings is 3. The molecule has 10 heteroatoms. The van der Waals surface area contributed by atoms with E-state index in [0.29, 0.717) is 15.6 Å². The highest BCUT2D eigenvalue weighted by Crippen LogP contribution is 2.27. The van der Waals surface area contributed by atoms with Crippen LogP contribution in [0.3, 0.4) is 0 Å². The molecule has 0 aliphatic heterocycles. The van der Waals surface area contributed by atoms with Crippen LogP contribution in [0.25, 0.3) is 0 Å². The second-order valence-corrected chi connectivity index (χ2v) is 12.8. The minimum Gasteiger partial charge on any atom is -0.352 e. The third-order valence-electron chi connectivity index (χ3n) is 7.17. The van der Waals surface area contributed by atoms with E-state index in [0.717, 1.165) is 35.6 Å². The maximum atomic E-state index is 14.0. The van der Waals surface area contributed by atoms with Crippen molar-refractivity contribution < 1.29 is 18.0 Å². The predicted molar refractivity (Wildman–Crippen MR) is 159 cm³/mol. The van der Waals surface area contributed by atoms with E-state index in [1.165, 1.54) is 17.0 Å². The third-order valence-corrected chi connectivity index (χ3v) is 9.58. The molecule has 0 spiro atoms. The molecule has 7 nitrogen and oxygen atoms in total. The van der Waals surface area contributed by atoms with Gasteiger partial charge in [-0.15, -0.1) is 0 Å². The number of aryl methyl sites for hydroxylation is 1. The largest absolute Gasteiger partial charge is 0.352 e. The van der Waals surface area contributed by atoms with Gasteiger partial charge in [0.05, 0.1) is 10.6 Å². The Morgan fingerprint density at radius 2 is 1.57 bits per heavy atom. The molecule has 0 aromatic heterocycles. The highest BCUT2D eigenvalue weighted by molar-refractivity contribution is 7.92. The fourth-order valence-electron chi connectivity index (χ4n) is 4.76. The van der Waals surface area contributed by atoms with Gasteiger partial charge >= 0.3 is 0 Å². The lowest BCUT2D eigenvalue weighted by Gasteiger charge is -2.32. The quantitative estimate of drug-likeness (QED) is 0.310. The van der Waals surface area contributed by atoms with Crippen LogP contribution in [0.5, 0.6) is 0 Å². The maximum Gasteiger partial charge on any atom is 0.264 e.